The SMILES string of the molecule is O=C(NCCc1ccccc1F)c1csc(-c2ccccn2)n1. The van der Waals surface area contributed by atoms with Crippen molar-refractivity contribution < 1.29 is 9.18 Å². The maximum atomic E-state index is 13.5. The summed E-state index contributed by atoms with van der Waals surface area (Å²) in [4.78, 5) is 20.6. The molecule has 0 aliphatic heterocycles. The molecule has 0 aliphatic carbocycles. The first-order valence-electron chi connectivity index (χ1n) is 7.12. The van der Waals surface area contributed by atoms with Crippen molar-refractivity contribution in [1.29, 1.82) is 0 Å². The van der Waals surface area contributed by atoms with Gasteiger partial charge >= 0.3 is 0 Å². The highest BCUT2D eigenvalue weighted by molar-refractivity contribution is 7.13. The van der Waals surface area contributed by atoms with Crippen LogP contribution in [-0.4, -0.2) is 22.4 Å². The predicted octanol–water partition coefficient (Wildman–Crippen LogP) is 3.32. The molecule has 3 rings (SSSR count). The largest absolute Gasteiger partial charge is 0.350 e. The number of halogens is 1. The van der Waals surface area contributed by atoms with E-state index in [0.717, 1.165) is 5.69 Å². The summed E-state index contributed by atoms with van der Waals surface area (Å²) in [5, 5.41) is 5.15. The molecule has 1 aromatic carbocycles. The summed E-state index contributed by atoms with van der Waals surface area (Å²) in [5.74, 6) is -0.521. The van der Waals surface area contributed by atoms with Crippen molar-refractivity contribution in [1.82, 2.24) is 15.3 Å². The van der Waals surface area contributed by atoms with Gasteiger partial charge in [0.15, 0.2) is 0 Å². The third kappa shape index (κ3) is 3.78. The first kappa shape index (κ1) is 15.3. The van der Waals surface area contributed by atoms with Gasteiger partial charge in [-0.1, -0.05) is 24.3 Å². The number of nitrogens with one attached hydrogen (secondary N) is 1. The van der Waals surface area contributed by atoms with Gasteiger partial charge in [-0.05, 0) is 30.2 Å². The normalized spacial score (nSPS) is 10.5. The monoisotopic (exact) mass is 327 g/mol. The summed E-state index contributed by atoms with van der Waals surface area (Å²) in [5.41, 5.74) is 1.67. The molecule has 1 N–H and O–H groups in total. The maximum absolute atomic E-state index is 13.5. The van der Waals surface area contributed by atoms with E-state index in [1.165, 1.54) is 17.4 Å². The molecule has 0 spiro atoms. The van der Waals surface area contributed by atoms with Gasteiger partial charge in [-0.15, -0.1) is 11.3 Å². The van der Waals surface area contributed by atoms with E-state index < -0.39 is 0 Å². The zero-order chi connectivity index (χ0) is 16.1. The molecule has 3 aromatic rings. The van der Waals surface area contributed by atoms with E-state index in [4.69, 9.17) is 0 Å². The lowest BCUT2D eigenvalue weighted by Gasteiger charge is -2.04. The van der Waals surface area contributed by atoms with E-state index in [0.29, 0.717) is 29.2 Å². The molecule has 116 valence electrons. The number of benzene rings is 1. The average molecular weight is 327 g/mol. The maximum Gasteiger partial charge on any atom is 0.270 e. The number of pyridine rings is 1. The van der Waals surface area contributed by atoms with Crippen LogP contribution in [0.2, 0.25) is 0 Å². The quantitative estimate of drug-likeness (QED) is 0.782. The molecule has 2 aromatic heterocycles. The van der Waals surface area contributed by atoms with Crippen LogP contribution in [0.3, 0.4) is 0 Å². The van der Waals surface area contributed by atoms with Crippen LogP contribution in [0.1, 0.15) is 16.1 Å². The zero-order valence-electron chi connectivity index (χ0n) is 12.2. The van der Waals surface area contributed by atoms with Crippen LogP contribution < -0.4 is 5.32 Å². The molecular formula is C17H14FN3OS. The summed E-state index contributed by atoms with van der Waals surface area (Å²) in [6.07, 6.45) is 2.13. The van der Waals surface area contributed by atoms with E-state index in [2.05, 4.69) is 15.3 Å². The van der Waals surface area contributed by atoms with Gasteiger partial charge in [0.1, 0.15) is 16.5 Å². The Hall–Kier alpha value is -2.60. The molecule has 4 nitrogen and oxygen atoms in total. The van der Waals surface area contributed by atoms with Crippen molar-refractivity contribution in [2.45, 2.75) is 6.42 Å². The van der Waals surface area contributed by atoms with Gasteiger partial charge in [0, 0.05) is 18.1 Å². The van der Waals surface area contributed by atoms with Crippen molar-refractivity contribution in [2.75, 3.05) is 6.54 Å². The van der Waals surface area contributed by atoms with Crippen molar-refractivity contribution in [3.63, 3.8) is 0 Å². The second-order valence-electron chi connectivity index (χ2n) is 4.85. The summed E-state index contributed by atoms with van der Waals surface area (Å²) in [6, 6.07) is 12.1. The van der Waals surface area contributed by atoms with E-state index in [1.54, 1.807) is 29.8 Å². The first-order chi connectivity index (χ1) is 11.2. The molecule has 23 heavy (non-hydrogen) atoms. The standard InChI is InChI=1S/C17H14FN3OS/c18-13-6-2-1-5-12(13)8-10-20-16(22)15-11-23-17(21-15)14-7-3-4-9-19-14/h1-7,9,11H,8,10H2,(H,20,22). The Balaban J connectivity index is 1.59. The number of amides is 1. The van der Waals surface area contributed by atoms with Gasteiger partial charge in [0.05, 0.1) is 5.69 Å². The Morgan fingerprint density at radius 2 is 2.00 bits per heavy atom. The molecule has 2 heterocycles. The van der Waals surface area contributed by atoms with Crippen molar-refractivity contribution in [3.8, 4) is 10.7 Å². The minimum absolute atomic E-state index is 0.257. The summed E-state index contributed by atoms with van der Waals surface area (Å²) >= 11 is 1.37. The Morgan fingerprint density at radius 1 is 1.17 bits per heavy atom. The zero-order valence-corrected chi connectivity index (χ0v) is 13.0. The lowest BCUT2D eigenvalue weighted by atomic mass is 10.1. The average Bonchev–Trinajstić information content (AvgIpc) is 3.07. The number of hydrogen-bond donors (Lipinski definition) is 1. The van der Waals surface area contributed by atoms with Gasteiger partial charge in [-0.2, -0.15) is 0 Å². The smallest absolute Gasteiger partial charge is 0.270 e. The second-order valence-corrected chi connectivity index (χ2v) is 5.71. The van der Waals surface area contributed by atoms with Crippen LogP contribution in [0.25, 0.3) is 10.7 Å². The molecule has 0 fully saturated rings. The number of thiazole rings is 1. The number of hydrogen-bond acceptors (Lipinski definition) is 4. The van der Waals surface area contributed by atoms with Crippen LogP contribution in [0.4, 0.5) is 4.39 Å². The highest BCUT2D eigenvalue weighted by Crippen LogP contribution is 2.21. The molecular weight excluding hydrogens is 313 g/mol. The van der Waals surface area contributed by atoms with E-state index in [-0.39, 0.29) is 11.7 Å². The molecule has 0 saturated heterocycles. The third-order valence-corrected chi connectivity index (χ3v) is 4.12. The van der Waals surface area contributed by atoms with E-state index in [1.807, 2.05) is 18.2 Å². The van der Waals surface area contributed by atoms with Crippen molar-refractivity contribution in [3.05, 3.63) is 71.1 Å². The number of aromatic nitrogens is 2. The fourth-order valence-electron chi connectivity index (χ4n) is 2.09. The lowest BCUT2D eigenvalue weighted by Crippen LogP contribution is -2.26. The highest BCUT2D eigenvalue weighted by Gasteiger charge is 2.12. The predicted molar refractivity (Wildman–Crippen MR) is 87.8 cm³/mol. The third-order valence-electron chi connectivity index (χ3n) is 3.26. The van der Waals surface area contributed by atoms with Crippen LogP contribution in [0.15, 0.2) is 54.0 Å². The molecule has 0 bridgehead atoms. The Morgan fingerprint density at radius 3 is 2.78 bits per heavy atom. The van der Waals surface area contributed by atoms with Crippen LogP contribution in [-0.2, 0) is 6.42 Å². The minimum Gasteiger partial charge on any atom is -0.350 e. The fraction of sp³-hybridized carbons (Fsp3) is 0.118. The van der Waals surface area contributed by atoms with Crippen LogP contribution in [0, 0.1) is 5.82 Å². The fourth-order valence-corrected chi connectivity index (χ4v) is 2.86. The Bertz CT molecular complexity index is 804. The molecule has 0 unspecified atom stereocenters. The van der Waals surface area contributed by atoms with Crippen LogP contribution >= 0.6 is 11.3 Å². The van der Waals surface area contributed by atoms with Crippen molar-refractivity contribution in [2.24, 2.45) is 0 Å². The molecule has 0 saturated carbocycles. The van der Waals surface area contributed by atoms with Gasteiger partial charge in [-0.3, -0.25) is 9.78 Å². The topological polar surface area (TPSA) is 54.9 Å². The summed E-state index contributed by atoms with van der Waals surface area (Å²) in [7, 11) is 0. The van der Waals surface area contributed by atoms with Gasteiger partial charge in [-0.25, -0.2) is 9.37 Å². The number of nitrogens with zero attached hydrogens (tertiary/aromatic N) is 2. The molecule has 0 aliphatic rings. The number of rotatable bonds is 5. The van der Waals surface area contributed by atoms with Crippen molar-refractivity contribution >= 4 is 17.2 Å². The minimum atomic E-state index is -0.264. The molecule has 1 amide bonds. The summed E-state index contributed by atoms with van der Waals surface area (Å²) < 4.78 is 13.5. The Kier molecular flexibility index (Phi) is 4.73. The molecule has 6 heteroatoms. The van der Waals surface area contributed by atoms with Gasteiger partial charge < -0.3 is 5.32 Å². The molecule has 0 radical (unpaired) electrons. The highest BCUT2D eigenvalue weighted by atomic mass is 32.1. The second kappa shape index (κ2) is 7.11. The van der Waals surface area contributed by atoms with Gasteiger partial charge in [0.2, 0.25) is 0 Å². The summed E-state index contributed by atoms with van der Waals surface area (Å²) in [6.45, 7) is 0.357. The number of carbonyl (C=O) groups excluding carboxylic acids is 1. The number of carbonyl (C=O) groups is 1. The Labute approximate surface area is 137 Å². The first-order valence-corrected chi connectivity index (χ1v) is 8.00. The molecule has 0 atom stereocenters. The van der Waals surface area contributed by atoms with Crippen LogP contribution in [0.5, 0.6) is 0 Å². The van der Waals surface area contributed by atoms with E-state index in [9.17, 15) is 9.18 Å². The van der Waals surface area contributed by atoms with Gasteiger partial charge in [0.25, 0.3) is 5.91 Å². The van der Waals surface area contributed by atoms with E-state index >= 15 is 0 Å². The lowest BCUT2D eigenvalue weighted by molar-refractivity contribution is 0.0950.